The number of piperidine rings is 1. The Hall–Kier alpha value is -6.08. The van der Waals surface area contributed by atoms with Crippen molar-refractivity contribution < 1.29 is 38.1 Å². The van der Waals surface area contributed by atoms with Gasteiger partial charge in [-0.15, -0.1) is 0 Å². The highest BCUT2D eigenvalue weighted by molar-refractivity contribution is 6.23. The maximum absolute atomic E-state index is 13.2. The van der Waals surface area contributed by atoms with Gasteiger partial charge in [-0.25, -0.2) is 9.97 Å². The second-order valence-corrected chi connectivity index (χ2v) is 17.1. The van der Waals surface area contributed by atoms with Crippen LogP contribution in [0, 0.1) is 0 Å². The molecule has 346 valence electrons. The summed E-state index contributed by atoms with van der Waals surface area (Å²) < 4.78 is 24.3. The molecule has 66 heavy (non-hydrogen) atoms. The van der Waals surface area contributed by atoms with Gasteiger partial charge >= 0.3 is 0 Å². The lowest BCUT2D eigenvalue weighted by molar-refractivity contribution is -0.136. The Morgan fingerprint density at radius 1 is 0.667 bits per heavy atom. The lowest BCUT2D eigenvalue weighted by Crippen LogP contribution is -2.54. The lowest BCUT2D eigenvalue weighted by atomic mass is 10.0. The average Bonchev–Trinajstić information content (AvgIpc) is 3.58. The number of carbonyl (C=O) groups excluding carboxylic acids is 4. The van der Waals surface area contributed by atoms with E-state index in [0.717, 1.165) is 117 Å². The number of nitrogens with one attached hydrogen (secondary N) is 2. The molecule has 1 unspecified atom stereocenters. The second-order valence-electron chi connectivity index (χ2n) is 17.1. The van der Waals surface area contributed by atoms with Crippen molar-refractivity contribution in [3.63, 3.8) is 0 Å². The highest BCUT2D eigenvalue weighted by atomic mass is 16.5. The molecule has 0 spiro atoms. The summed E-state index contributed by atoms with van der Waals surface area (Å²) in [5.74, 6) is -0.267. The number of ether oxygens (including phenoxy) is 4. The van der Waals surface area contributed by atoms with Crippen LogP contribution >= 0.6 is 0 Å². The first kappa shape index (κ1) is 45.1. The number of carbonyl (C=O) groups is 4. The summed E-state index contributed by atoms with van der Waals surface area (Å²) >= 11 is 0. The number of anilines is 2. The third-order valence-corrected chi connectivity index (χ3v) is 12.7. The first-order valence-electron chi connectivity index (χ1n) is 23.0. The summed E-state index contributed by atoms with van der Waals surface area (Å²) in [6, 6.07) is 20.0. The molecule has 9 rings (SSSR count). The van der Waals surface area contributed by atoms with E-state index in [0.29, 0.717) is 51.3 Å². The molecule has 6 heterocycles. The standard InChI is InChI=1S/C49H57N9O8/c59-45-11-9-43(46(60)53-45)58-47(61)40-8-7-39(32-41(40)48(58)62)65-28-24-56-20-16-54(17-21-56)14-15-55-18-22-57(23-19-55)25-29-66-44-10-6-38-31-37(44)34-64-27-2-1-26-63-33-35-4-3-5-36(30-35)42-12-13-50-49(51-38)52-42/h1-8,10,12-13,30-32,43H,9,11,14-29,33-34H2,(H,50,51,52)(H,53,59,60)/b2-1+. The minimum atomic E-state index is -0.991. The molecule has 17 heteroatoms. The first-order chi connectivity index (χ1) is 32.3. The van der Waals surface area contributed by atoms with Gasteiger partial charge in [-0.2, -0.15) is 0 Å². The van der Waals surface area contributed by atoms with Crippen LogP contribution in [-0.4, -0.2) is 169 Å². The molecule has 3 saturated heterocycles. The summed E-state index contributed by atoms with van der Waals surface area (Å²) in [5, 5.41) is 5.60. The zero-order valence-corrected chi connectivity index (χ0v) is 37.2. The fourth-order valence-electron chi connectivity index (χ4n) is 8.93. The van der Waals surface area contributed by atoms with E-state index in [-0.39, 0.29) is 24.0 Å². The number of fused-ring (bicyclic) bond motifs is 8. The molecule has 3 aromatic carbocycles. The Bertz CT molecular complexity index is 2420. The van der Waals surface area contributed by atoms with Crippen LogP contribution in [0.25, 0.3) is 11.3 Å². The van der Waals surface area contributed by atoms with Crippen molar-refractivity contribution in [3.8, 4) is 22.8 Å². The summed E-state index contributed by atoms with van der Waals surface area (Å²) in [6.45, 7) is 14.5. The number of piperazine rings is 2. The summed E-state index contributed by atoms with van der Waals surface area (Å²) in [4.78, 5) is 70.3. The van der Waals surface area contributed by atoms with Gasteiger partial charge in [-0.1, -0.05) is 30.4 Å². The van der Waals surface area contributed by atoms with Gasteiger partial charge in [0, 0.05) is 108 Å². The molecule has 17 nitrogen and oxygen atoms in total. The lowest BCUT2D eigenvalue weighted by Gasteiger charge is -2.38. The van der Waals surface area contributed by atoms with Gasteiger partial charge in [0.1, 0.15) is 30.8 Å². The number of nitrogens with zero attached hydrogens (tertiary/aromatic N) is 7. The van der Waals surface area contributed by atoms with Gasteiger partial charge in [-0.3, -0.25) is 49.0 Å². The van der Waals surface area contributed by atoms with Gasteiger partial charge in [0.25, 0.3) is 11.8 Å². The Balaban J connectivity index is 0.675. The van der Waals surface area contributed by atoms with Crippen molar-refractivity contribution in [3.05, 3.63) is 107 Å². The number of benzene rings is 3. The predicted octanol–water partition coefficient (Wildman–Crippen LogP) is 3.58. The molecule has 1 aromatic heterocycles. The summed E-state index contributed by atoms with van der Waals surface area (Å²) in [7, 11) is 0. The molecule has 1 atom stereocenters. The molecule has 4 aromatic rings. The van der Waals surface area contributed by atoms with Crippen LogP contribution < -0.4 is 20.1 Å². The van der Waals surface area contributed by atoms with Crippen molar-refractivity contribution in [2.24, 2.45) is 0 Å². The molecule has 0 saturated carbocycles. The molecule has 4 amide bonds. The maximum atomic E-state index is 13.2. The van der Waals surface area contributed by atoms with E-state index in [1.54, 1.807) is 24.4 Å². The van der Waals surface area contributed by atoms with E-state index in [1.165, 1.54) is 0 Å². The van der Waals surface area contributed by atoms with Crippen LogP contribution in [0.3, 0.4) is 0 Å². The minimum absolute atomic E-state index is 0.0816. The van der Waals surface area contributed by atoms with Gasteiger partial charge in [0.15, 0.2) is 0 Å². The number of aromatic nitrogens is 2. The normalized spacial score (nSPS) is 20.8. The number of hydrogen-bond donors (Lipinski definition) is 2. The van der Waals surface area contributed by atoms with Crippen molar-refractivity contribution in [2.45, 2.75) is 32.1 Å². The topological polar surface area (TPSA) is 171 Å². The quantitative estimate of drug-likeness (QED) is 0.156. The molecule has 5 aliphatic rings. The fraction of sp³-hybridized carbons (Fsp3) is 0.429. The van der Waals surface area contributed by atoms with Crippen LogP contribution in [0.2, 0.25) is 0 Å². The monoisotopic (exact) mass is 899 g/mol. The zero-order valence-electron chi connectivity index (χ0n) is 37.2. The third kappa shape index (κ3) is 11.3. The van der Waals surface area contributed by atoms with E-state index in [1.807, 2.05) is 48.6 Å². The highest BCUT2D eigenvalue weighted by Crippen LogP contribution is 2.31. The average molecular weight is 900 g/mol. The van der Waals surface area contributed by atoms with Crippen LogP contribution in [0.5, 0.6) is 11.5 Å². The molecular weight excluding hydrogens is 843 g/mol. The van der Waals surface area contributed by atoms with Crippen molar-refractivity contribution in [1.82, 2.24) is 39.8 Å². The van der Waals surface area contributed by atoms with Gasteiger partial charge in [0.05, 0.1) is 43.2 Å². The molecule has 5 aliphatic heterocycles. The molecular formula is C49H57N9O8. The van der Waals surface area contributed by atoms with Crippen molar-refractivity contribution in [1.29, 1.82) is 0 Å². The minimum Gasteiger partial charge on any atom is -0.492 e. The largest absolute Gasteiger partial charge is 0.492 e. The van der Waals surface area contributed by atoms with Crippen molar-refractivity contribution in [2.75, 3.05) is 110 Å². The van der Waals surface area contributed by atoms with Crippen LogP contribution in [-0.2, 0) is 32.3 Å². The first-order valence-corrected chi connectivity index (χ1v) is 23.0. The fourth-order valence-corrected chi connectivity index (χ4v) is 8.93. The number of amides is 4. The number of imide groups is 2. The molecule has 2 N–H and O–H groups in total. The smallest absolute Gasteiger partial charge is 0.262 e. The SMILES string of the molecule is O=C1CCC(N2C(=O)c3ccc(OCCN4CCN(CCN5CCN(CCOc6ccc7cc6COC/C=C/COCc6cccc(c6)-c6ccnc(n6)N7)CC5)CC4)cc3C2=O)C(=O)N1. The molecule has 0 aliphatic carbocycles. The van der Waals surface area contributed by atoms with E-state index in [9.17, 15) is 19.2 Å². The third-order valence-electron chi connectivity index (χ3n) is 12.7. The second kappa shape index (κ2) is 21.5. The Morgan fingerprint density at radius 3 is 2.08 bits per heavy atom. The summed E-state index contributed by atoms with van der Waals surface area (Å²) in [5.41, 5.74) is 5.19. The summed E-state index contributed by atoms with van der Waals surface area (Å²) in [6.07, 6.45) is 5.94. The van der Waals surface area contributed by atoms with E-state index < -0.39 is 29.7 Å². The number of hydrogen-bond acceptors (Lipinski definition) is 15. The Morgan fingerprint density at radius 2 is 1.35 bits per heavy atom. The van der Waals surface area contributed by atoms with E-state index in [2.05, 4.69) is 47.3 Å². The predicted molar refractivity (Wildman–Crippen MR) is 246 cm³/mol. The van der Waals surface area contributed by atoms with Crippen LogP contribution in [0.4, 0.5) is 11.6 Å². The van der Waals surface area contributed by atoms with Crippen molar-refractivity contribution >= 4 is 35.3 Å². The van der Waals surface area contributed by atoms with Crippen LogP contribution in [0.15, 0.2) is 85.1 Å². The van der Waals surface area contributed by atoms with Crippen LogP contribution in [0.1, 0.15) is 44.7 Å². The van der Waals surface area contributed by atoms with E-state index in [4.69, 9.17) is 23.9 Å². The van der Waals surface area contributed by atoms with E-state index >= 15 is 0 Å². The van der Waals surface area contributed by atoms with Gasteiger partial charge in [-0.05, 0) is 60.5 Å². The maximum Gasteiger partial charge on any atom is 0.262 e. The molecule has 0 radical (unpaired) electrons. The highest BCUT2D eigenvalue weighted by Gasteiger charge is 2.44. The number of rotatable bonds is 12. The Kier molecular flexibility index (Phi) is 14.7. The molecule has 3 fully saturated rings. The van der Waals surface area contributed by atoms with Gasteiger partial charge in [0.2, 0.25) is 17.8 Å². The van der Waals surface area contributed by atoms with Gasteiger partial charge < -0.3 is 24.3 Å². The Labute approximate surface area is 384 Å². The zero-order chi connectivity index (χ0) is 45.2. The molecule has 6 bridgehead atoms.